The fraction of sp³-hybridized carbons (Fsp3) is 0.344. The lowest BCUT2D eigenvalue weighted by Crippen LogP contribution is -2.63. The van der Waals surface area contributed by atoms with E-state index in [0.29, 0.717) is 18.4 Å². The normalized spacial score (nSPS) is 21.6. The molecule has 3 saturated heterocycles. The van der Waals surface area contributed by atoms with Crippen molar-refractivity contribution >= 4 is 45.0 Å². The summed E-state index contributed by atoms with van der Waals surface area (Å²) in [6.07, 6.45) is 2.47. The molecule has 7 rings (SSSR count). The van der Waals surface area contributed by atoms with Gasteiger partial charge >= 0.3 is 6.01 Å². The standard InChI is InChI=1S/C32H28ClF4N5O2/c1-16(34)31(43)41-12-10-23-24(41)14-42(23)30-20-13-22(36)26(19-7-3-5-17-8-9-21(35)27(33)25(17)19)28(37)29(20)38-32(39-30)44-15-18-6-4-11-40(18)2/h3,5,7-9,13,18,23-24H,1,4,6,10-12,14-15H2,2H3/t18-,23?,24+/m0/s1. The third kappa shape index (κ3) is 4.56. The Labute approximate surface area is 255 Å². The highest BCUT2D eigenvalue weighted by atomic mass is 35.5. The van der Waals surface area contributed by atoms with Gasteiger partial charge in [0.05, 0.1) is 22.7 Å². The van der Waals surface area contributed by atoms with Gasteiger partial charge in [-0.05, 0) is 55.9 Å². The zero-order valence-electron chi connectivity index (χ0n) is 23.8. The molecule has 0 spiro atoms. The van der Waals surface area contributed by atoms with Crippen LogP contribution in [0.4, 0.5) is 23.4 Å². The van der Waals surface area contributed by atoms with Gasteiger partial charge in [-0.25, -0.2) is 17.6 Å². The Hall–Kier alpha value is -3.96. The number of fused-ring (bicyclic) bond motifs is 3. The Balaban J connectivity index is 1.35. The van der Waals surface area contributed by atoms with Crippen molar-refractivity contribution in [2.45, 2.75) is 37.4 Å². The van der Waals surface area contributed by atoms with Crippen molar-refractivity contribution in [2.75, 3.05) is 38.2 Å². The van der Waals surface area contributed by atoms with Crippen molar-refractivity contribution in [3.63, 3.8) is 0 Å². The van der Waals surface area contributed by atoms with Crippen molar-refractivity contribution in [1.82, 2.24) is 19.8 Å². The highest BCUT2D eigenvalue weighted by Gasteiger charge is 2.50. The van der Waals surface area contributed by atoms with E-state index in [4.69, 9.17) is 16.3 Å². The predicted octanol–water partition coefficient (Wildman–Crippen LogP) is 6.27. The number of likely N-dealkylation sites (N-methyl/N-ethyl adjacent to an activating group) is 1. The minimum atomic E-state index is -1.03. The van der Waals surface area contributed by atoms with Crippen LogP contribution in [0, 0.1) is 17.5 Å². The van der Waals surface area contributed by atoms with Crippen LogP contribution >= 0.6 is 11.6 Å². The van der Waals surface area contributed by atoms with Gasteiger partial charge in [0.15, 0.2) is 11.6 Å². The summed E-state index contributed by atoms with van der Waals surface area (Å²) in [5, 5.41) is 0.568. The lowest BCUT2D eigenvalue weighted by Gasteiger charge is -2.47. The van der Waals surface area contributed by atoms with Gasteiger partial charge in [0, 0.05) is 29.9 Å². The minimum absolute atomic E-state index is 0.0715. The molecule has 44 heavy (non-hydrogen) atoms. The number of nitrogens with zero attached hydrogens (tertiary/aromatic N) is 5. The Morgan fingerprint density at radius 2 is 1.91 bits per heavy atom. The Morgan fingerprint density at radius 3 is 2.66 bits per heavy atom. The van der Waals surface area contributed by atoms with Gasteiger partial charge in [-0.3, -0.25) is 4.79 Å². The van der Waals surface area contributed by atoms with Gasteiger partial charge in [0.25, 0.3) is 5.91 Å². The summed E-state index contributed by atoms with van der Waals surface area (Å²) in [6, 6.07) is 8.18. The monoisotopic (exact) mass is 625 g/mol. The van der Waals surface area contributed by atoms with E-state index in [1.165, 1.54) is 23.1 Å². The molecule has 7 nitrogen and oxygen atoms in total. The maximum Gasteiger partial charge on any atom is 0.319 e. The smallest absolute Gasteiger partial charge is 0.319 e. The third-order valence-electron chi connectivity index (χ3n) is 9.18. The van der Waals surface area contributed by atoms with Crippen molar-refractivity contribution in [2.24, 2.45) is 0 Å². The van der Waals surface area contributed by atoms with Crippen LogP contribution in [0.2, 0.25) is 5.02 Å². The second kappa shape index (κ2) is 10.9. The molecule has 3 fully saturated rings. The molecule has 1 unspecified atom stereocenters. The second-order valence-corrected chi connectivity index (χ2v) is 12.0. The number of rotatable bonds is 6. The first-order valence-electron chi connectivity index (χ1n) is 14.5. The highest BCUT2D eigenvalue weighted by molar-refractivity contribution is 6.37. The topological polar surface area (TPSA) is 61.8 Å². The first kappa shape index (κ1) is 28.8. The van der Waals surface area contributed by atoms with E-state index < -0.39 is 34.7 Å². The Bertz CT molecular complexity index is 1860. The zero-order chi connectivity index (χ0) is 30.9. The predicted molar refractivity (Wildman–Crippen MR) is 160 cm³/mol. The molecule has 3 aliphatic heterocycles. The number of amides is 1. The molecule has 228 valence electrons. The summed E-state index contributed by atoms with van der Waals surface area (Å²) in [4.78, 5) is 26.8. The molecular formula is C32H28ClF4N5O2. The van der Waals surface area contributed by atoms with Crippen LogP contribution in [0.5, 0.6) is 6.01 Å². The van der Waals surface area contributed by atoms with Crippen LogP contribution in [0.3, 0.4) is 0 Å². The van der Waals surface area contributed by atoms with E-state index in [0.717, 1.165) is 25.5 Å². The Morgan fingerprint density at radius 1 is 1.09 bits per heavy atom. The molecule has 12 heteroatoms. The third-order valence-corrected chi connectivity index (χ3v) is 9.55. The fourth-order valence-electron chi connectivity index (χ4n) is 6.84. The second-order valence-electron chi connectivity index (χ2n) is 11.6. The summed E-state index contributed by atoms with van der Waals surface area (Å²) < 4.78 is 66.8. The van der Waals surface area contributed by atoms with Crippen LogP contribution in [-0.4, -0.2) is 77.1 Å². The van der Waals surface area contributed by atoms with E-state index in [1.54, 1.807) is 12.1 Å². The number of carbonyl (C=O) groups excluding carboxylic acids is 1. The minimum Gasteiger partial charge on any atom is -0.462 e. The SMILES string of the molecule is C=C(F)C(=O)N1CCC2[C@H]1CN2c1nc(OC[C@@H]2CCCN2C)nc2c(F)c(-c3cccc4ccc(F)c(Cl)c34)c(F)cc12. The van der Waals surface area contributed by atoms with E-state index in [-0.39, 0.29) is 70.0 Å². The van der Waals surface area contributed by atoms with Crippen LogP contribution in [0.15, 0.2) is 48.8 Å². The summed E-state index contributed by atoms with van der Waals surface area (Å²) in [6.45, 7) is 4.94. The van der Waals surface area contributed by atoms with E-state index in [2.05, 4.69) is 21.4 Å². The van der Waals surface area contributed by atoms with Gasteiger partial charge in [-0.15, -0.1) is 0 Å². The number of benzene rings is 3. The first-order valence-corrected chi connectivity index (χ1v) is 14.8. The number of halogens is 5. The first-order chi connectivity index (χ1) is 21.1. The molecular weight excluding hydrogens is 598 g/mol. The zero-order valence-corrected chi connectivity index (χ0v) is 24.6. The fourth-order valence-corrected chi connectivity index (χ4v) is 7.11. The highest BCUT2D eigenvalue weighted by Crippen LogP contribution is 2.44. The molecule has 1 amide bonds. The Kier molecular flexibility index (Phi) is 7.12. The number of anilines is 1. The van der Waals surface area contributed by atoms with Crippen LogP contribution < -0.4 is 9.64 Å². The average Bonchev–Trinajstić information content (AvgIpc) is 3.55. The number of ether oxygens (including phenoxy) is 1. The molecule has 4 aromatic rings. The van der Waals surface area contributed by atoms with Gasteiger partial charge in [0.2, 0.25) is 0 Å². The number of carbonyl (C=O) groups is 1. The van der Waals surface area contributed by atoms with E-state index in [9.17, 15) is 13.6 Å². The summed E-state index contributed by atoms with van der Waals surface area (Å²) in [5.74, 6) is -4.12. The van der Waals surface area contributed by atoms with E-state index in [1.807, 2.05) is 11.9 Å². The van der Waals surface area contributed by atoms with Crippen molar-refractivity contribution < 1.29 is 27.1 Å². The molecule has 0 bridgehead atoms. The molecule has 0 N–H and O–H groups in total. The molecule has 1 aromatic heterocycles. The number of hydrogen-bond acceptors (Lipinski definition) is 6. The summed E-state index contributed by atoms with van der Waals surface area (Å²) in [7, 11) is 2.00. The molecule has 0 aliphatic carbocycles. The molecule has 3 aromatic carbocycles. The van der Waals surface area contributed by atoms with Gasteiger partial charge < -0.3 is 19.4 Å². The molecule has 3 atom stereocenters. The summed E-state index contributed by atoms with van der Waals surface area (Å²) in [5.41, 5.74) is -0.487. The van der Waals surface area contributed by atoms with E-state index >= 15 is 8.78 Å². The maximum atomic E-state index is 16.6. The average molecular weight is 626 g/mol. The van der Waals surface area contributed by atoms with Gasteiger partial charge in [0.1, 0.15) is 29.6 Å². The van der Waals surface area contributed by atoms with Crippen LogP contribution in [-0.2, 0) is 4.79 Å². The molecule has 4 heterocycles. The quantitative estimate of drug-likeness (QED) is 0.186. The molecule has 0 saturated carbocycles. The lowest BCUT2D eigenvalue weighted by atomic mass is 9.94. The molecule has 3 aliphatic rings. The number of likely N-dealkylation sites (tertiary alicyclic amines) is 2. The summed E-state index contributed by atoms with van der Waals surface area (Å²) >= 11 is 6.31. The molecule has 0 radical (unpaired) electrons. The van der Waals surface area contributed by atoms with Crippen molar-refractivity contribution in [1.29, 1.82) is 0 Å². The van der Waals surface area contributed by atoms with Gasteiger partial charge in [-0.1, -0.05) is 42.4 Å². The lowest BCUT2D eigenvalue weighted by molar-refractivity contribution is -0.130. The van der Waals surface area contributed by atoms with Crippen molar-refractivity contribution in [3.8, 4) is 17.1 Å². The number of aromatic nitrogens is 2. The van der Waals surface area contributed by atoms with Crippen LogP contribution in [0.25, 0.3) is 32.8 Å². The van der Waals surface area contributed by atoms with Crippen molar-refractivity contribution in [3.05, 3.63) is 71.3 Å². The number of hydrogen-bond donors (Lipinski definition) is 0. The van der Waals surface area contributed by atoms with Gasteiger partial charge in [-0.2, -0.15) is 9.97 Å². The maximum absolute atomic E-state index is 16.6. The van der Waals surface area contributed by atoms with Crippen LogP contribution in [0.1, 0.15) is 19.3 Å². The largest absolute Gasteiger partial charge is 0.462 e.